The molecule has 0 saturated heterocycles. The maximum atomic E-state index is 10.9. The number of hydrogen-bond donors (Lipinski definition) is 2. The van der Waals surface area contributed by atoms with E-state index in [-0.39, 0.29) is 24.0 Å². The first kappa shape index (κ1) is 42.4. The van der Waals surface area contributed by atoms with Gasteiger partial charge in [-0.15, -0.1) is 0 Å². The molecule has 0 amide bonds. The Kier molecular flexibility index (Phi) is 15.1. The Morgan fingerprint density at radius 2 is 0.746 bits per heavy atom. The summed E-state index contributed by atoms with van der Waals surface area (Å²) in [6.45, 7) is 6.71. The van der Waals surface area contributed by atoms with Crippen LogP contribution in [0.15, 0.2) is 164 Å². The fourth-order valence-electron chi connectivity index (χ4n) is 10.4. The lowest BCUT2D eigenvalue weighted by Crippen LogP contribution is -2.27. The predicted octanol–water partition coefficient (Wildman–Crippen LogP) is 13.5. The van der Waals surface area contributed by atoms with Crippen LogP contribution < -0.4 is 0 Å². The Bertz CT molecular complexity index is 2040. The van der Waals surface area contributed by atoms with Crippen molar-refractivity contribution in [3.8, 4) is 0 Å². The molecule has 0 unspecified atom stereocenters. The van der Waals surface area contributed by atoms with Gasteiger partial charge >= 0.3 is 0 Å². The first-order valence-corrected chi connectivity index (χ1v) is 22.7. The molecule has 0 saturated carbocycles. The molecule has 2 heteroatoms. The van der Waals surface area contributed by atoms with E-state index in [0.717, 1.165) is 44.4 Å². The number of rotatable bonds is 6. The average Bonchev–Trinajstić information content (AvgIpc) is 3.65. The molecule has 0 spiro atoms. The summed E-state index contributed by atoms with van der Waals surface area (Å²) >= 11 is 0. The highest BCUT2D eigenvalue weighted by Gasteiger charge is 2.34. The van der Waals surface area contributed by atoms with Crippen molar-refractivity contribution in [1.82, 2.24) is 0 Å². The van der Waals surface area contributed by atoms with E-state index in [1.807, 2.05) is 12.1 Å². The number of benzene rings is 6. The SMILES string of the molecule is CC[C@@H]1CCc2ccccc2[C@@H](c2ccccc2)[C@H]1O.CC[C@@H]1CCc2ccccc2[C@H](c2ccccc2)C1.CC[C@@H]1CCc2ccccc2[C@H](c2ccccc2)[C@H]1O. The van der Waals surface area contributed by atoms with Crippen LogP contribution in [0.25, 0.3) is 0 Å². The average molecular weight is 783 g/mol. The van der Waals surface area contributed by atoms with Crippen LogP contribution >= 0.6 is 0 Å². The number of fused-ring (bicyclic) bond motifs is 3. The number of hydrogen-bond acceptors (Lipinski definition) is 2. The van der Waals surface area contributed by atoms with Crippen molar-refractivity contribution >= 4 is 0 Å². The standard InChI is InChI=1S/2C19H22O.C19H22/c2*1-2-14-12-13-15-8-6-7-11-17(15)18(19(14)20)16-9-4-3-5-10-16;1-2-15-12-13-17-10-6-7-11-18(17)19(14-15)16-8-4-3-5-9-16/h2*3-11,14,18-20H,2,12-13H2,1H3;3-11,15,19H,2,12-14H2,1H3/t14-,18+,19+;14-,18-,19+;15-,19+/m111/s1. The minimum atomic E-state index is -0.286. The summed E-state index contributed by atoms with van der Waals surface area (Å²) in [5.74, 6) is 2.43. The third kappa shape index (κ3) is 10.2. The number of aryl methyl sites for hydroxylation is 3. The Hall–Kier alpha value is -4.76. The second-order valence-corrected chi connectivity index (χ2v) is 17.3. The van der Waals surface area contributed by atoms with Crippen LogP contribution in [-0.2, 0) is 19.3 Å². The van der Waals surface area contributed by atoms with Gasteiger partial charge in [-0.2, -0.15) is 0 Å². The highest BCUT2D eigenvalue weighted by Crippen LogP contribution is 2.42. The van der Waals surface area contributed by atoms with E-state index < -0.39 is 0 Å². The van der Waals surface area contributed by atoms with E-state index in [4.69, 9.17) is 0 Å². The highest BCUT2D eigenvalue weighted by molar-refractivity contribution is 5.43. The Morgan fingerprint density at radius 1 is 0.390 bits per heavy atom. The lowest BCUT2D eigenvalue weighted by Gasteiger charge is -2.28. The Morgan fingerprint density at radius 3 is 1.17 bits per heavy atom. The number of aliphatic hydroxyl groups is 2. The molecule has 0 aromatic heterocycles. The maximum Gasteiger partial charge on any atom is 0.0677 e. The third-order valence-corrected chi connectivity index (χ3v) is 14.0. The molecule has 0 bridgehead atoms. The first-order valence-electron chi connectivity index (χ1n) is 22.7. The van der Waals surface area contributed by atoms with E-state index >= 15 is 0 Å². The molecule has 2 N–H and O–H groups in total. The first-order chi connectivity index (χ1) is 29.0. The zero-order chi connectivity index (χ0) is 41.0. The summed E-state index contributed by atoms with van der Waals surface area (Å²) in [5, 5.41) is 21.8. The summed E-state index contributed by atoms with van der Waals surface area (Å²) in [4.78, 5) is 0. The van der Waals surface area contributed by atoms with Crippen molar-refractivity contribution in [2.45, 2.75) is 115 Å². The van der Waals surface area contributed by atoms with Crippen LogP contribution in [0, 0.1) is 17.8 Å². The fraction of sp³-hybridized carbons (Fsp3) is 0.368. The zero-order valence-corrected chi connectivity index (χ0v) is 35.7. The Labute approximate surface area is 355 Å². The van der Waals surface area contributed by atoms with Crippen molar-refractivity contribution in [2.24, 2.45) is 17.8 Å². The van der Waals surface area contributed by atoms with Gasteiger partial charge in [-0.1, -0.05) is 204 Å². The van der Waals surface area contributed by atoms with Gasteiger partial charge < -0.3 is 10.2 Å². The van der Waals surface area contributed by atoms with E-state index in [2.05, 4.69) is 172 Å². The molecule has 306 valence electrons. The minimum Gasteiger partial charge on any atom is -0.392 e. The molecule has 9 rings (SSSR count). The van der Waals surface area contributed by atoms with Crippen molar-refractivity contribution in [3.63, 3.8) is 0 Å². The highest BCUT2D eigenvalue weighted by atomic mass is 16.3. The van der Waals surface area contributed by atoms with E-state index in [1.165, 1.54) is 64.6 Å². The van der Waals surface area contributed by atoms with Crippen LogP contribution in [0.4, 0.5) is 0 Å². The quantitative estimate of drug-likeness (QED) is 0.165. The zero-order valence-electron chi connectivity index (χ0n) is 35.7. The molecule has 0 radical (unpaired) electrons. The molecule has 6 aromatic rings. The van der Waals surface area contributed by atoms with Crippen molar-refractivity contribution in [2.75, 3.05) is 0 Å². The lowest BCUT2D eigenvalue weighted by molar-refractivity contribution is 0.0884. The monoisotopic (exact) mass is 783 g/mol. The lowest BCUT2D eigenvalue weighted by atomic mass is 9.81. The van der Waals surface area contributed by atoms with Crippen LogP contribution in [-0.4, -0.2) is 22.4 Å². The van der Waals surface area contributed by atoms with Gasteiger partial charge in [-0.25, -0.2) is 0 Å². The van der Waals surface area contributed by atoms with Crippen molar-refractivity contribution in [3.05, 3.63) is 214 Å². The summed E-state index contributed by atoms with van der Waals surface area (Å²) in [7, 11) is 0. The summed E-state index contributed by atoms with van der Waals surface area (Å²) in [5.41, 5.74) is 12.5. The van der Waals surface area contributed by atoms with Crippen LogP contribution in [0.5, 0.6) is 0 Å². The van der Waals surface area contributed by atoms with Gasteiger partial charge in [0.2, 0.25) is 0 Å². The smallest absolute Gasteiger partial charge is 0.0677 e. The van der Waals surface area contributed by atoms with Gasteiger partial charge in [0, 0.05) is 17.8 Å². The van der Waals surface area contributed by atoms with Crippen LogP contribution in [0.3, 0.4) is 0 Å². The van der Waals surface area contributed by atoms with E-state index in [1.54, 1.807) is 11.1 Å². The summed E-state index contributed by atoms with van der Waals surface area (Å²) < 4.78 is 0. The molecule has 3 aliphatic carbocycles. The minimum absolute atomic E-state index is 0.111. The molecule has 0 aliphatic heterocycles. The second-order valence-electron chi connectivity index (χ2n) is 17.3. The van der Waals surface area contributed by atoms with Gasteiger partial charge in [-0.05, 0) is 113 Å². The fourth-order valence-corrected chi connectivity index (χ4v) is 10.4. The molecule has 8 atom stereocenters. The van der Waals surface area contributed by atoms with Crippen molar-refractivity contribution in [1.29, 1.82) is 0 Å². The third-order valence-electron chi connectivity index (χ3n) is 14.0. The maximum absolute atomic E-state index is 10.9. The van der Waals surface area contributed by atoms with Crippen LogP contribution in [0.1, 0.15) is 134 Å². The normalized spacial score (nSPS) is 24.8. The molecular weight excluding hydrogens is 717 g/mol. The number of aliphatic hydroxyl groups excluding tert-OH is 2. The van der Waals surface area contributed by atoms with Gasteiger partial charge in [-0.3, -0.25) is 0 Å². The van der Waals surface area contributed by atoms with Gasteiger partial charge in [0.1, 0.15) is 0 Å². The second kappa shape index (κ2) is 21.0. The molecule has 59 heavy (non-hydrogen) atoms. The van der Waals surface area contributed by atoms with Gasteiger partial charge in [0.25, 0.3) is 0 Å². The largest absolute Gasteiger partial charge is 0.392 e. The molecule has 2 nitrogen and oxygen atoms in total. The predicted molar refractivity (Wildman–Crippen MR) is 247 cm³/mol. The van der Waals surface area contributed by atoms with Crippen LogP contribution in [0.2, 0.25) is 0 Å². The molecule has 6 aromatic carbocycles. The summed E-state index contributed by atoms with van der Waals surface area (Å²) in [6, 6.07) is 58.2. The molecule has 0 fully saturated rings. The summed E-state index contributed by atoms with van der Waals surface area (Å²) in [6.07, 6.45) is 11.0. The van der Waals surface area contributed by atoms with E-state index in [0.29, 0.717) is 17.8 Å². The van der Waals surface area contributed by atoms with Gasteiger partial charge in [0.15, 0.2) is 0 Å². The molecule has 3 aliphatic rings. The Balaban J connectivity index is 0.000000134. The van der Waals surface area contributed by atoms with E-state index in [9.17, 15) is 10.2 Å². The molecular formula is C57H66O2. The topological polar surface area (TPSA) is 40.5 Å². The van der Waals surface area contributed by atoms with Crippen molar-refractivity contribution < 1.29 is 10.2 Å². The van der Waals surface area contributed by atoms with Gasteiger partial charge in [0.05, 0.1) is 12.2 Å². The molecule has 0 heterocycles.